The largest absolute Gasteiger partial charge is 0.548 e. The van der Waals surface area contributed by atoms with E-state index in [0.717, 1.165) is 16.7 Å². The summed E-state index contributed by atoms with van der Waals surface area (Å²) in [7, 11) is 3.02. The molecular formula is C16H16NO5S2-. The Morgan fingerprint density at radius 3 is 2.67 bits per heavy atom. The molecule has 1 atom stereocenters. The van der Waals surface area contributed by atoms with Crippen molar-refractivity contribution in [1.82, 2.24) is 4.90 Å². The van der Waals surface area contributed by atoms with E-state index in [1.807, 2.05) is 0 Å². The molecule has 0 spiro atoms. The number of rotatable bonds is 6. The summed E-state index contributed by atoms with van der Waals surface area (Å²) in [5.74, 6) is -0.764. The Morgan fingerprint density at radius 1 is 1.42 bits per heavy atom. The average Bonchev–Trinajstić information content (AvgIpc) is 2.82. The zero-order valence-corrected chi connectivity index (χ0v) is 15.0. The van der Waals surface area contributed by atoms with Crippen LogP contribution in [0.15, 0.2) is 23.1 Å². The molecule has 1 aliphatic heterocycles. The van der Waals surface area contributed by atoms with Crippen LogP contribution in [0.4, 0.5) is 0 Å². The Balaban J connectivity index is 2.41. The number of carboxylic acid groups (broad SMARTS) is 1. The third kappa shape index (κ3) is 3.39. The second-order valence-corrected chi connectivity index (χ2v) is 6.55. The highest BCUT2D eigenvalue weighted by molar-refractivity contribution is 8.26. The number of amides is 1. The number of benzene rings is 1. The zero-order valence-electron chi connectivity index (χ0n) is 13.4. The first kappa shape index (κ1) is 18.3. The first-order valence-corrected chi connectivity index (χ1v) is 8.36. The van der Waals surface area contributed by atoms with Crippen LogP contribution >= 0.6 is 24.0 Å². The summed E-state index contributed by atoms with van der Waals surface area (Å²) >= 11 is 6.21. The molecule has 0 bridgehead atoms. The predicted octanol–water partition coefficient (Wildman–Crippen LogP) is 1.43. The summed E-state index contributed by atoms with van der Waals surface area (Å²) in [6.45, 7) is 1.66. The molecule has 0 aliphatic carbocycles. The van der Waals surface area contributed by atoms with Crippen LogP contribution in [0, 0.1) is 0 Å². The lowest BCUT2D eigenvalue weighted by molar-refractivity contribution is -0.310. The summed E-state index contributed by atoms with van der Waals surface area (Å²) in [6.07, 6.45) is 1.83. The van der Waals surface area contributed by atoms with Gasteiger partial charge in [-0.15, -0.1) is 0 Å². The maximum Gasteiger partial charge on any atom is 0.266 e. The van der Waals surface area contributed by atoms with E-state index < -0.39 is 17.9 Å². The molecule has 128 valence electrons. The van der Waals surface area contributed by atoms with E-state index in [1.165, 1.54) is 14.2 Å². The van der Waals surface area contributed by atoms with Crippen LogP contribution in [0.3, 0.4) is 0 Å². The normalized spacial score (nSPS) is 17.3. The third-order valence-electron chi connectivity index (χ3n) is 3.51. The number of aliphatic carboxylic acids is 1. The minimum Gasteiger partial charge on any atom is -0.548 e. The Kier molecular flexibility index (Phi) is 5.84. The first-order chi connectivity index (χ1) is 11.4. The summed E-state index contributed by atoms with van der Waals surface area (Å²) in [5.41, 5.74) is 0.638. The fourth-order valence-corrected chi connectivity index (χ4v) is 3.72. The second-order valence-electron chi connectivity index (χ2n) is 4.88. The number of carbonyl (C=O) groups excluding carboxylic acids is 2. The smallest absolute Gasteiger partial charge is 0.266 e. The molecule has 0 unspecified atom stereocenters. The lowest BCUT2D eigenvalue weighted by Gasteiger charge is -2.26. The number of thioether (sulfide) groups is 1. The van der Waals surface area contributed by atoms with Gasteiger partial charge in [0.1, 0.15) is 4.32 Å². The van der Waals surface area contributed by atoms with Crippen LogP contribution in [0.1, 0.15) is 18.9 Å². The van der Waals surface area contributed by atoms with Crippen molar-refractivity contribution in [3.05, 3.63) is 28.7 Å². The maximum atomic E-state index is 12.6. The van der Waals surface area contributed by atoms with E-state index in [2.05, 4.69) is 0 Å². The van der Waals surface area contributed by atoms with Gasteiger partial charge in [0.25, 0.3) is 5.91 Å². The van der Waals surface area contributed by atoms with Crippen molar-refractivity contribution in [2.75, 3.05) is 14.2 Å². The molecule has 8 heteroatoms. The molecule has 1 aromatic carbocycles. The molecule has 1 amide bonds. The van der Waals surface area contributed by atoms with Crippen LogP contribution in [-0.2, 0) is 9.59 Å². The van der Waals surface area contributed by atoms with Crippen molar-refractivity contribution < 1.29 is 24.2 Å². The standard InChI is InChI=1S/C16H17NO5S2/c1-4-10(15(19)20)17-14(18)12(24-16(17)23)8-9-6-5-7-11(21-2)13(9)22-3/h5-8,10H,4H2,1-3H3,(H,19,20)/p-1/b12-8-/t10-/m1/s1. The number of para-hydroxylation sites is 1. The molecule has 0 saturated carbocycles. The quantitative estimate of drug-likeness (QED) is 0.557. The fraction of sp³-hybridized carbons (Fsp3) is 0.312. The van der Waals surface area contributed by atoms with Gasteiger partial charge in [0.05, 0.1) is 31.1 Å². The molecule has 0 radical (unpaired) electrons. The molecule has 1 aromatic rings. The Labute approximate surface area is 149 Å². The number of hydrogen-bond donors (Lipinski definition) is 0. The van der Waals surface area contributed by atoms with E-state index in [0.29, 0.717) is 22.0 Å². The number of thiocarbonyl (C=S) groups is 1. The summed E-state index contributed by atoms with van der Waals surface area (Å²) in [5, 5.41) is 11.2. The van der Waals surface area contributed by atoms with E-state index in [-0.39, 0.29) is 10.7 Å². The van der Waals surface area contributed by atoms with Crippen molar-refractivity contribution in [3.63, 3.8) is 0 Å². The van der Waals surface area contributed by atoms with E-state index >= 15 is 0 Å². The zero-order chi connectivity index (χ0) is 17.9. The van der Waals surface area contributed by atoms with Gasteiger partial charge in [0.2, 0.25) is 0 Å². The highest BCUT2D eigenvalue weighted by Gasteiger charge is 2.37. The van der Waals surface area contributed by atoms with Gasteiger partial charge in [0, 0.05) is 5.56 Å². The van der Waals surface area contributed by atoms with Crippen molar-refractivity contribution in [3.8, 4) is 11.5 Å². The topological polar surface area (TPSA) is 78.9 Å². The van der Waals surface area contributed by atoms with Crippen LogP contribution < -0.4 is 14.6 Å². The third-order valence-corrected chi connectivity index (χ3v) is 4.84. The molecule has 2 rings (SSSR count). The van der Waals surface area contributed by atoms with E-state index in [4.69, 9.17) is 21.7 Å². The SMILES string of the molecule is CC[C@H](C(=O)[O-])N1C(=O)/C(=C/c2cccc(OC)c2OC)SC1=S. The van der Waals surface area contributed by atoms with Gasteiger partial charge in [-0.1, -0.05) is 43.0 Å². The lowest BCUT2D eigenvalue weighted by Crippen LogP contribution is -2.49. The molecule has 1 saturated heterocycles. The molecule has 1 aliphatic rings. The molecule has 6 nitrogen and oxygen atoms in total. The average molecular weight is 366 g/mol. The Bertz CT molecular complexity index is 716. The van der Waals surface area contributed by atoms with Gasteiger partial charge in [-0.2, -0.15) is 0 Å². The Morgan fingerprint density at radius 2 is 2.12 bits per heavy atom. The molecule has 24 heavy (non-hydrogen) atoms. The molecule has 0 aromatic heterocycles. The van der Waals surface area contributed by atoms with E-state index in [9.17, 15) is 14.7 Å². The van der Waals surface area contributed by atoms with Gasteiger partial charge >= 0.3 is 0 Å². The molecular weight excluding hydrogens is 350 g/mol. The van der Waals surface area contributed by atoms with Gasteiger partial charge in [0.15, 0.2) is 11.5 Å². The molecule has 0 N–H and O–H groups in total. The van der Waals surface area contributed by atoms with Crippen LogP contribution in [-0.4, -0.2) is 41.4 Å². The van der Waals surface area contributed by atoms with Crippen molar-refractivity contribution in [2.24, 2.45) is 0 Å². The Hall–Kier alpha value is -2.06. The van der Waals surface area contributed by atoms with Crippen molar-refractivity contribution >= 4 is 46.3 Å². The van der Waals surface area contributed by atoms with Gasteiger partial charge < -0.3 is 19.4 Å². The highest BCUT2D eigenvalue weighted by atomic mass is 32.2. The minimum atomic E-state index is -1.32. The number of ether oxygens (including phenoxy) is 2. The summed E-state index contributed by atoms with van der Waals surface area (Å²) in [6, 6.07) is 4.20. The monoisotopic (exact) mass is 366 g/mol. The predicted molar refractivity (Wildman–Crippen MR) is 93.6 cm³/mol. The first-order valence-electron chi connectivity index (χ1n) is 7.13. The van der Waals surface area contributed by atoms with Crippen molar-refractivity contribution in [1.29, 1.82) is 0 Å². The fourth-order valence-electron chi connectivity index (χ4n) is 2.37. The number of carbonyl (C=O) groups is 2. The van der Waals surface area contributed by atoms with Crippen LogP contribution in [0.25, 0.3) is 6.08 Å². The maximum absolute atomic E-state index is 12.6. The number of methoxy groups -OCH3 is 2. The number of nitrogens with zero attached hydrogens (tertiary/aromatic N) is 1. The minimum absolute atomic E-state index is 0.198. The van der Waals surface area contributed by atoms with Crippen molar-refractivity contribution in [2.45, 2.75) is 19.4 Å². The number of hydrogen-bond acceptors (Lipinski definition) is 7. The van der Waals surface area contributed by atoms with Crippen LogP contribution in [0.2, 0.25) is 0 Å². The lowest BCUT2D eigenvalue weighted by atomic mass is 10.1. The van der Waals surface area contributed by atoms with Gasteiger partial charge in [-0.05, 0) is 18.6 Å². The summed E-state index contributed by atoms with van der Waals surface area (Å²) < 4.78 is 10.8. The molecule has 1 heterocycles. The summed E-state index contributed by atoms with van der Waals surface area (Å²) in [4.78, 5) is 25.2. The number of carboxylic acids is 1. The highest BCUT2D eigenvalue weighted by Crippen LogP contribution is 2.38. The van der Waals surface area contributed by atoms with Gasteiger partial charge in [-0.25, -0.2) is 0 Å². The molecule has 1 fully saturated rings. The van der Waals surface area contributed by atoms with Gasteiger partial charge in [-0.3, -0.25) is 9.69 Å². The van der Waals surface area contributed by atoms with E-state index in [1.54, 1.807) is 31.2 Å². The van der Waals surface area contributed by atoms with Crippen LogP contribution in [0.5, 0.6) is 11.5 Å². The second kappa shape index (κ2) is 7.67.